The summed E-state index contributed by atoms with van der Waals surface area (Å²) in [5, 5.41) is 3.58. The van der Waals surface area contributed by atoms with Crippen molar-refractivity contribution in [1.29, 1.82) is 0 Å². The van der Waals surface area contributed by atoms with Crippen molar-refractivity contribution in [2.45, 2.75) is 6.54 Å². The van der Waals surface area contributed by atoms with Gasteiger partial charge in [-0.3, -0.25) is 4.79 Å². The topological polar surface area (TPSA) is 64.3 Å². The Morgan fingerprint density at radius 1 is 1.33 bits per heavy atom. The number of halogens is 2. The van der Waals surface area contributed by atoms with Gasteiger partial charge in [0.1, 0.15) is 11.6 Å². The molecule has 4 nitrogen and oxygen atoms in total. The van der Waals surface area contributed by atoms with E-state index in [0.29, 0.717) is 23.0 Å². The van der Waals surface area contributed by atoms with E-state index < -0.39 is 11.7 Å². The maximum atomic E-state index is 13.4. The quantitative estimate of drug-likeness (QED) is 0.891. The molecule has 0 aliphatic rings. The van der Waals surface area contributed by atoms with E-state index in [2.05, 4.69) is 5.32 Å². The standard InChI is InChI=1S/C15H14ClFN2O2/c1-21-14-5-2-9(6-12(14)16)8-19-10-3-4-13(17)11(7-10)15(18)20/h2-7,19H,8H2,1H3,(H2,18,20). The molecular formula is C15H14ClFN2O2. The zero-order chi connectivity index (χ0) is 15.4. The second kappa shape index (κ2) is 6.45. The highest BCUT2D eigenvalue weighted by atomic mass is 35.5. The Kier molecular flexibility index (Phi) is 4.65. The van der Waals surface area contributed by atoms with Crippen LogP contribution in [0.25, 0.3) is 0 Å². The van der Waals surface area contributed by atoms with Gasteiger partial charge in [-0.15, -0.1) is 0 Å². The molecule has 21 heavy (non-hydrogen) atoms. The Morgan fingerprint density at radius 3 is 2.71 bits per heavy atom. The highest BCUT2D eigenvalue weighted by Crippen LogP contribution is 2.25. The van der Waals surface area contributed by atoms with Crippen LogP contribution in [-0.4, -0.2) is 13.0 Å². The summed E-state index contributed by atoms with van der Waals surface area (Å²) in [5.74, 6) is -0.845. The monoisotopic (exact) mass is 308 g/mol. The number of hydrogen-bond donors (Lipinski definition) is 2. The summed E-state index contributed by atoms with van der Waals surface area (Å²) >= 11 is 6.04. The van der Waals surface area contributed by atoms with Crippen molar-refractivity contribution in [1.82, 2.24) is 0 Å². The van der Waals surface area contributed by atoms with Gasteiger partial charge >= 0.3 is 0 Å². The number of rotatable bonds is 5. The molecule has 0 atom stereocenters. The maximum Gasteiger partial charge on any atom is 0.251 e. The zero-order valence-corrected chi connectivity index (χ0v) is 12.1. The lowest BCUT2D eigenvalue weighted by atomic mass is 10.1. The van der Waals surface area contributed by atoms with Crippen LogP contribution in [0.4, 0.5) is 10.1 Å². The predicted molar refractivity (Wildman–Crippen MR) is 80.2 cm³/mol. The summed E-state index contributed by atoms with van der Waals surface area (Å²) in [6, 6.07) is 9.50. The minimum absolute atomic E-state index is 0.146. The van der Waals surface area contributed by atoms with E-state index in [4.69, 9.17) is 22.1 Å². The van der Waals surface area contributed by atoms with Gasteiger partial charge in [0.25, 0.3) is 5.91 Å². The summed E-state index contributed by atoms with van der Waals surface area (Å²) in [4.78, 5) is 11.1. The number of primary amides is 1. The molecule has 0 unspecified atom stereocenters. The number of carbonyl (C=O) groups is 1. The number of ether oxygens (including phenoxy) is 1. The van der Waals surface area contributed by atoms with Crippen LogP contribution in [0.2, 0.25) is 5.02 Å². The summed E-state index contributed by atoms with van der Waals surface area (Å²) in [6.07, 6.45) is 0. The predicted octanol–water partition coefficient (Wildman–Crippen LogP) is 3.20. The third kappa shape index (κ3) is 3.64. The zero-order valence-electron chi connectivity index (χ0n) is 11.3. The van der Waals surface area contributed by atoms with E-state index in [1.54, 1.807) is 19.2 Å². The summed E-state index contributed by atoms with van der Waals surface area (Å²) in [6.45, 7) is 0.466. The van der Waals surface area contributed by atoms with Crippen LogP contribution < -0.4 is 15.8 Å². The average molecular weight is 309 g/mol. The first-order valence-corrected chi connectivity index (χ1v) is 6.54. The van der Waals surface area contributed by atoms with Gasteiger partial charge in [0.05, 0.1) is 17.7 Å². The fraction of sp³-hybridized carbons (Fsp3) is 0.133. The van der Waals surface area contributed by atoms with Crippen LogP contribution >= 0.6 is 11.6 Å². The number of nitrogens with one attached hydrogen (secondary N) is 1. The lowest BCUT2D eigenvalue weighted by molar-refractivity contribution is 0.0996. The third-order valence-corrected chi connectivity index (χ3v) is 3.24. The van der Waals surface area contributed by atoms with Gasteiger partial charge in [-0.05, 0) is 35.9 Å². The van der Waals surface area contributed by atoms with Crippen molar-refractivity contribution < 1.29 is 13.9 Å². The molecule has 3 N–H and O–H groups in total. The molecule has 2 aromatic carbocycles. The molecule has 0 aliphatic carbocycles. The number of methoxy groups -OCH3 is 1. The van der Waals surface area contributed by atoms with Gasteiger partial charge in [-0.2, -0.15) is 0 Å². The lowest BCUT2D eigenvalue weighted by Crippen LogP contribution is -2.13. The van der Waals surface area contributed by atoms with E-state index in [1.165, 1.54) is 18.2 Å². The largest absolute Gasteiger partial charge is 0.495 e. The number of benzene rings is 2. The first-order valence-electron chi connectivity index (χ1n) is 6.17. The van der Waals surface area contributed by atoms with Gasteiger partial charge in [-0.25, -0.2) is 4.39 Å². The number of amides is 1. The van der Waals surface area contributed by atoms with Crippen LogP contribution in [0.1, 0.15) is 15.9 Å². The van der Waals surface area contributed by atoms with Crippen molar-refractivity contribution in [3.63, 3.8) is 0 Å². The molecular weight excluding hydrogens is 295 g/mol. The molecule has 0 bridgehead atoms. The molecule has 0 spiro atoms. The second-order valence-electron chi connectivity index (χ2n) is 4.38. The van der Waals surface area contributed by atoms with E-state index >= 15 is 0 Å². The lowest BCUT2D eigenvalue weighted by Gasteiger charge is -2.10. The normalized spacial score (nSPS) is 10.2. The number of anilines is 1. The van der Waals surface area contributed by atoms with E-state index in [0.717, 1.165) is 5.56 Å². The van der Waals surface area contributed by atoms with Crippen molar-refractivity contribution >= 4 is 23.2 Å². The maximum absolute atomic E-state index is 13.4. The average Bonchev–Trinajstić information content (AvgIpc) is 2.46. The second-order valence-corrected chi connectivity index (χ2v) is 4.79. The Morgan fingerprint density at radius 2 is 2.10 bits per heavy atom. The van der Waals surface area contributed by atoms with Crippen LogP contribution in [0.3, 0.4) is 0 Å². The summed E-state index contributed by atoms with van der Waals surface area (Å²) < 4.78 is 18.4. The highest BCUT2D eigenvalue weighted by Gasteiger charge is 2.09. The third-order valence-electron chi connectivity index (χ3n) is 2.94. The van der Waals surface area contributed by atoms with Gasteiger partial charge in [0.2, 0.25) is 0 Å². The van der Waals surface area contributed by atoms with E-state index in [-0.39, 0.29) is 5.56 Å². The van der Waals surface area contributed by atoms with Crippen LogP contribution in [0.15, 0.2) is 36.4 Å². The van der Waals surface area contributed by atoms with Crippen molar-refractivity contribution in [2.24, 2.45) is 5.73 Å². The minimum atomic E-state index is -0.802. The molecule has 2 aromatic rings. The minimum Gasteiger partial charge on any atom is -0.495 e. The molecule has 0 aromatic heterocycles. The van der Waals surface area contributed by atoms with Gasteiger partial charge < -0.3 is 15.8 Å². The molecule has 0 fully saturated rings. The molecule has 0 radical (unpaired) electrons. The SMILES string of the molecule is COc1ccc(CNc2ccc(F)c(C(N)=O)c2)cc1Cl. The molecule has 0 saturated carbocycles. The van der Waals surface area contributed by atoms with Crippen LogP contribution in [0.5, 0.6) is 5.75 Å². The van der Waals surface area contributed by atoms with Crippen LogP contribution in [-0.2, 0) is 6.54 Å². The molecule has 2 rings (SSSR count). The molecule has 1 amide bonds. The van der Waals surface area contributed by atoms with Crippen molar-refractivity contribution in [3.05, 3.63) is 58.4 Å². The molecule has 0 aliphatic heterocycles. The number of carbonyl (C=O) groups excluding carboxylic acids is 1. The van der Waals surface area contributed by atoms with Crippen LogP contribution in [0, 0.1) is 5.82 Å². The Bertz CT molecular complexity index is 677. The Hall–Kier alpha value is -2.27. The van der Waals surface area contributed by atoms with E-state index in [1.807, 2.05) is 6.07 Å². The summed E-state index contributed by atoms with van der Waals surface area (Å²) in [7, 11) is 1.54. The fourth-order valence-corrected chi connectivity index (χ4v) is 2.13. The number of nitrogens with two attached hydrogens (primary N) is 1. The molecule has 6 heteroatoms. The first-order chi connectivity index (χ1) is 10.0. The molecule has 0 saturated heterocycles. The Labute approximate surface area is 126 Å². The molecule has 110 valence electrons. The summed E-state index contributed by atoms with van der Waals surface area (Å²) in [5.41, 5.74) is 6.48. The number of hydrogen-bond acceptors (Lipinski definition) is 3. The van der Waals surface area contributed by atoms with Gasteiger partial charge in [-0.1, -0.05) is 17.7 Å². The fourth-order valence-electron chi connectivity index (χ4n) is 1.85. The van der Waals surface area contributed by atoms with Gasteiger partial charge in [0, 0.05) is 12.2 Å². The first kappa shape index (κ1) is 15.1. The van der Waals surface area contributed by atoms with E-state index in [9.17, 15) is 9.18 Å². The van der Waals surface area contributed by atoms with Gasteiger partial charge in [0.15, 0.2) is 0 Å². The Balaban J connectivity index is 2.11. The smallest absolute Gasteiger partial charge is 0.251 e. The highest BCUT2D eigenvalue weighted by molar-refractivity contribution is 6.32. The van der Waals surface area contributed by atoms with Crippen molar-refractivity contribution in [2.75, 3.05) is 12.4 Å². The van der Waals surface area contributed by atoms with Crippen molar-refractivity contribution in [3.8, 4) is 5.75 Å². The molecule has 0 heterocycles.